The van der Waals surface area contributed by atoms with E-state index in [-0.39, 0.29) is 0 Å². The normalized spacial score (nSPS) is 11.0. The number of hydrogen-bond donors (Lipinski definition) is 0. The molecule has 4 nitrogen and oxygen atoms in total. The number of ether oxygens (including phenoxy) is 2. The van der Waals surface area contributed by atoms with Crippen molar-refractivity contribution in [2.75, 3.05) is 6.61 Å². The fraction of sp³-hybridized carbons (Fsp3) is 0.269. The Bertz CT molecular complexity index is 1080. The van der Waals surface area contributed by atoms with Crippen molar-refractivity contribution in [3.8, 4) is 11.5 Å². The molecule has 0 fully saturated rings. The minimum absolute atomic E-state index is 0.442. The van der Waals surface area contributed by atoms with E-state index in [1.165, 1.54) is 11.1 Å². The maximum absolute atomic E-state index is 6.00. The van der Waals surface area contributed by atoms with E-state index in [1.54, 1.807) is 0 Å². The number of para-hydroxylation sites is 2. The summed E-state index contributed by atoms with van der Waals surface area (Å²) in [6.45, 7) is 6.17. The molecule has 0 bridgehead atoms. The van der Waals surface area contributed by atoms with Crippen LogP contribution in [0, 0.1) is 6.92 Å². The van der Waals surface area contributed by atoms with Crippen molar-refractivity contribution in [3.05, 3.63) is 89.7 Å². The van der Waals surface area contributed by atoms with Crippen LogP contribution < -0.4 is 9.47 Å². The van der Waals surface area contributed by atoms with Crippen LogP contribution in [0.5, 0.6) is 11.5 Å². The summed E-state index contributed by atoms with van der Waals surface area (Å²) in [6.07, 6.45) is 1.94. The molecule has 4 heteroatoms. The minimum atomic E-state index is 0.442. The number of aryl methyl sites for hydroxylation is 3. The molecule has 0 aliphatic heterocycles. The number of benzene rings is 3. The quantitative estimate of drug-likeness (QED) is 0.326. The zero-order chi connectivity index (χ0) is 20.8. The van der Waals surface area contributed by atoms with E-state index >= 15 is 0 Å². The predicted molar refractivity (Wildman–Crippen MR) is 121 cm³/mol. The number of hydrogen-bond acceptors (Lipinski definition) is 3. The lowest BCUT2D eigenvalue weighted by atomic mass is 10.2. The Balaban J connectivity index is 1.41. The second kappa shape index (κ2) is 9.49. The molecular weight excluding hydrogens is 372 g/mol. The summed E-state index contributed by atoms with van der Waals surface area (Å²) in [7, 11) is 0. The van der Waals surface area contributed by atoms with Gasteiger partial charge in [-0.1, -0.05) is 48.9 Å². The molecule has 0 unspecified atom stereocenters. The van der Waals surface area contributed by atoms with Gasteiger partial charge >= 0.3 is 0 Å². The Kier molecular flexibility index (Phi) is 6.33. The molecule has 0 aliphatic carbocycles. The molecule has 0 N–H and O–H groups in total. The van der Waals surface area contributed by atoms with Crippen LogP contribution in [0.4, 0.5) is 0 Å². The molecule has 4 aromatic rings. The van der Waals surface area contributed by atoms with Gasteiger partial charge in [0.1, 0.15) is 23.9 Å². The average Bonchev–Trinajstić information content (AvgIpc) is 3.14. The lowest BCUT2D eigenvalue weighted by molar-refractivity contribution is 0.280. The summed E-state index contributed by atoms with van der Waals surface area (Å²) in [5.74, 6) is 2.72. The maximum Gasteiger partial charge on any atom is 0.147 e. The van der Waals surface area contributed by atoms with Gasteiger partial charge in [-0.3, -0.25) is 0 Å². The third-order valence-corrected chi connectivity index (χ3v) is 5.25. The summed E-state index contributed by atoms with van der Waals surface area (Å²) in [5.41, 5.74) is 4.67. The van der Waals surface area contributed by atoms with E-state index < -0.39 is 0 Å². The topological polar surface area (TPSA) is 36.3 Å². The van der Waals surface area contributed by atoms with Crippen LogP contribution in [0.2, 0.25) is 0 Å². The second-order valence-corrected chi connectivity index (χ2v) is 7.47. The smallest absolute Gasteiger partial charge is 0.147 e. The van der Waals surface area contributed by atoms with E-state index in [1.807, 2.05) is 36.4 Å². The van der Waals surface area contributed by atoms with Crippen LogP contribution in [0.25, 0.3) is 11.0 Å². The van der Waals surface area contributed by atoms with Crippen molar-refractivity contribution in [3.63, 3.8) is 0 Å². The standard InChI is InChI=1S/C26H28N2O2/c1-3-21-11-15-22(16-12-21)29-18-6-17-28-25-8-5-4-7-24(25)27-26(28)19-30-23-13-9-20(2)10-14-23/h4-5,7-16H,3,6,17-19H2,1-2H3. The van der Waals surface area contributed by atoms with Crippen molar-refractivity contribution in [2.24, 2.45) is 0 Å². The first-order valence-corrected chi connectivity index (χ1v) is 10.6. The SMILES string of the molecule is CCc1ccc(OCCCn2c(COc3ccc(C)cc3)nc3ccccc32)cc1. The van der Waals surface area contributed by atoms with Crippen molar-refractivity contribution in [2.45, 2.75) is 39.8 Å². The summed E-state index contributed by atoms with van der Waals surface area (Å²) in [5, 5.41) is 0. The first-order chi connectivity index (χ1) is 14.7. The van der Waals surface area contributed by atoms with Gasteiger partial charge in [0.25, 0.3) is 0 Å². The molecule has 0 spiro atoms. The van der Waals surface area contributed by atoms with Crippen molar-refractivity contribution < 1.29 is 9.47 Å². The first-order valence-electron chi connectivity index (χ1n) is 10.6. The molecule has 0 amide bonds. The second-order valence-electron chi connectivity index (χ2n) is 7.47. The maximum atomic E-state index is 6.00. The highest BCUT2D eigenvalue weighted by Gasteiger charge is 2.11. The molecule has 1 heterocycles. The lowest BCUT2D eigenvalue weighted by Gasteiger charge is -2.12. The van der Waals surface area contributed by atoms with Crippen LogP contribution in [-0.4, -0.2) is 16.2 Å². The molecule has 1 aromatic heterocycles. The van der Waals surface area contributed by atoms with E-state index in [4.69, 9.17) is 14.5 Å². The first kappa shape index (κ1) is 20.0. The van der Waals surface area contributed by atoms with Crippen LogP contribution in [0.15, 0.2) is 72.8 Å². The highest BCUT2D eigenvalue weighted by Crippen LogP contribution is 2.20. The highest BCUT2D eigenvalue weighted by molar-refractivity contribution is 5.75. The Morgan fingerprint density at radius 3 is 2.30 bits per heavy atom. The van der Waals surface area contributed by atoms with Gasteiger partial charge in [0.2, 0.25) is 0 Å². The van der Waals surface area contributed by atoms with E-state index in [2.05, 4.69) is 54.8 Å². The molecular formula is C26H28N2O2. The monoisotopic (exact) mass is 400 g/mol. The fourth-order valence-electron chi connectivity index (χ4n) is 3.50. The molecule has 0 saturated heterocycles. The number of aromatic nitrogens is 2. The van der Waals surface area contributed by atoms with Crippen molar-refractivity contribution in [1.29, 1.82) is 0 Å². The van der Waals surface area contributed by atoms with Gasteiger partial charge in [-0.15, -0.1) is 0 Å². The third kappa shape index (κ3) is 4.82. The molecule has 0 radical (unpaired) electrons. The average molecular weight is 401 g/mol. The van der Waals surface area contributed by atoms with E-state index in [0.29, 0.717) is 13.2 Å². The number of rotatable bonds is 9. The lowest BCUT2D eigenvalue weighted by Crippen LogP contribution is -2.10. The summed E-state index contributed by atoms with van der Waals surface area (Å²) >= 11 is 0. The molecule has 154 valence electrons. The fourth-order valence-corrected chi connectivity index (χ4v) is 3.50. The Labute approximate surface area is 178 Å². The van der Waals surface area contributed by atoms with Crippen LogP contribution in [0.1, 0.15) is 30.3 Å². The summed E-state index contributed by atoms with van der Waals surface area (Å²) in [4.78, 5) is 4.80. The minimum Gasteiger partial charge on any atom is -0.494 e. The molecule has 0 saturated carbocycles. The highest BCUT2D eigenvalue weighted by atomic mass is 16.5. The molecule has 3 aromatic carbocycles. The van der Waals surface area contributed by atoms with Crippen LogP contribution in [-0.2, 0) is 19.6 Å². The van der Waals surface area contributed by atoms with Crippen LogP contribution in [0.3, 0.4) is 0 Å². The molecule has 0 aliphatic rings. The predicted octanol–water partition coefficient (Wildman–Crippen LogP) is 5.96. The van der Waals surface area contributed by atoms with Gasteiger partial charge in [-0.2, -0.15) is 0 Å². The summed E-state index contributed by atoms with van der Waals surface area (Å²) in [6, 6.07) is 24.7. The summed E-state index contributed by atoms with van der Waals surface area (Å²) < 4.78 is 14.2. The third-order valence-electron chi connectivity index (χ3n) is 5.25. The van der Waals surface area contributed by atoms with E-state index in [0.717, 1.165) is 47.7 Å². The van der Waals surface area contributed by atoms with Gasteiger partial charge in [0, 0.05) is 6.54 Å². The number of nitrogens with zero attached hydrogens (tertiary/aromatic N) is 2. The van der Waals surface area contributed by atoms with Gasteiger partial charge in [-0.05, 0) is 61.7 Å². The van der Waals surface area contributed by atoms with Gasteiger partial charge in [0.05, 0.1) is 17.6 Å². The Morgan fingerprint density at radius 2 is 1.53 bits per heavy atom. The molecule has 4 rings (SSSR count). The largest absolute Gasteiger partial charge is 0.494 e. The van der Waals surface area contributed by atoms with Gasteiger partial charge in [0.15, 0.2) is 0 Å². The number of fused-ring (bicyclic) bond motifs is 1. The molecule has 0 atom stereocenters. The molecule has 30 heavy (non-hydrogen) atoms. The van der Waals surface area contributed by atoms with Crippen LogP contribution >= 0.6 is 0 Å². The van der Waals surface area contributed by atoms with Crippen molar-refractivity contribution in [1.82, 2.24) is 9.55 Å². The zero-order valence-corrected chi connectivity index (χ0v) is 17.7. The Morgan fingerprint density at radius 1 is 0.833 bits per heavy atom. The Hall–Kier alpha value is -3.27. The number of imidazole rings is 1. The zero-order valence-electron chi connectivity index (χ0n) is 17.7. The van der Waals surface area contributed by atoms with Crippen molar-refractivity contribution >= 4 is 11.0 Å². The van der Waals surface area contributed by atoms with Gasteiger partial charge < -0.3 is 14.0 Å². The van der Waals surface area contributed by atoms with Gasteiger partial charge in [-0.25, -0.2) is 4.98 Å². The van der Waals surface area contributed by atoms with E-state index in [9.17, 15) is 0 Å².